The molecule has 0 bridgehead atoms. The van der Waals surface area contributed by atoms with Crippen molar-refractivity contribution in [2.45, 2.75) is 187 Å². The Morgan fingerprint density at radius 3 is 1.10 bits per heavy atom. The first-order chi connectivity index (χ1) is 42.7. The van der Waals surface area contributed by atoms with Crippen molar-refractivity contribution < 1.29 is 92.6 Å². The largest absolute Gasteiger partial charge is 0.507 e. The second-order valence-electron chi connectivity index (χ2n) is 23.9. The summed E-state index contributed by atoms with van der Waals surface area (Å²) in [6.45, 7) is 10.1. The number of phenolic OH excluding ortho intramolecular Hbond substituents is 6. The van der Waals surface area contributed by atoms with Crippen molar-refractivity contribution in [2.75, 3.05) is 82.3 Å². The highest BCUT2D eigenvalue weighted by Gasteiger charge is 2.25. The molecule has 2 fully saturated rings. The quantitative estimate of drug-likeness (QED) is 0.0229. The normalized spacial score (nSPS) is 13.5. The Hall–Kier alpha value is -5.58. The van der Waals surface area contributed by atoms with Gasteiger partial charge in [0.2, 0.25) is 0 Å². The number of aryl methyl sites for hydroxylation is 1. The molecule has 0 aliphatic heterocycles. The minimum Gasteiger partial charge on any atom is -0.507 e. The molecule has 0 heterocycles. The first kappa shape index (κ1) is 77.7. The molecule has 7 rings (SSSR count). The number of rotatable bonds is 26. The van der Waals surface area contributed by atoms with Gasteiger partial charge in [-0.15, -0.1) is 0 Å². The van der Waals surface area contributed by atoms with Crippen LogP contribution in [0.15, 0.2) is 48.5 Å². The van der Waals surface area contributed by atoms with Gasteiger partial charge < -0.3 is 89.7 Å². The summed E-state index contributed by atoms with van der Waals surface area (Å²) >= 11 is 0. The second kappa shape index (κ2) is 41.7. The fourth-order valence-electron chi connectivity index (χ4n) is 11.7. The van der Waals surface area contributed by atoms with E-state index in [2.05, 4.69) is 39.0 Å². The van der Waals surface area contributed by atoms with Crippen molar-refractivity contribution in [1.82, 2.24) is 0 Å². The zero-order chi connectivity index (χ0) is 66.1. The fraction of sp³-hybridized carbons (Fsp3) is 0.577. The van der Waals surface area contributed by atoms with Crippen LogP contribution in [-0.4, -0.2) is 144 Å². The lowest BCUT2D eigenvalue weighted by molar-refractivity contribution is 0.163. The van der Waals surface area contributed by atoms with Crippen molar-refractivity contribution in [3.05, 3.63) is 138 Å². The van der Waals surface area contributed by atoms with Crippen molar-refractivity contribution in [1.29, 1.82) is 0 Å². The minimum absolute atomic E-state index is 0. The molecule has 0 radical (unpaired) electrons. The van der Waals surface area contributed by atoms with Crippen LogP contribution in [0.3, 0.4) is 0 Å². The van der Waals surface area contributed by atoms with Crippen LogP contribution in [0.1, 0.15) is 189 Å². The number of aromatic hydroxyl groups is 6. The van der Waals surface area contributed by atoms with E-state index in [0.717, 1.165) is 74.0 Å². The molecule has 0 aromatic heterocycles. The van der Waals surface area contributed by atoms with Crippen LogP contribution in [-0.2, 0) is 112 Å². The van der Waals surface area contributed by atoms with Gasteiger partial charge >= 0.3 is 0 Å². The van der Waals surface area contributed by atoms with Gasteiger partial charge in [-0.25, -0.2) is 0 Å². The maximum absolute atomic E-state index is 10.4. The zero-order valence-corrected chi connectivity index (χ0v) is 54.9. The number of benzene rings is 5. The summed E-state index contributed by atoms with van der Waals surface area (Å²) in [5.74, 6) is 2.19. The molecule has 5 aromatic carbocycles. The molecule has 2 aliphatic rings. The molecule has 504 valence electrons. The van der Waals surface area contributed by atoms with Gasteiger partial charge in [-0.3, -0.25) is 0 Å². The molecule has 0 amide bonds. The molecule has 12 N–H and O–H groups in total. The van der Waals surface area contributed by atoms with Crippen LogP contribution in [0.5, 0.6) is 34.5 Å². The van der Waals surface area contributed by atoms with E-state index in [4.69, 9.17) is 59.1 Å². The molecule has 0 unspecified atom stereocenters. The Labute approximate surface area is 532 Å². The lowest BCUT2D eigenvalue weighted by atomic mass is 9.82. The highest BCUT2D eigenvalue weighted by atomic mass is 16.5. The third kappa shape index (κ3) is 24.2. The predicted molar refractivity (Wildman–Crippen MR) is 351 cm³/mol. The Morgan fingerprint density at radius 1 is 0.360 bits per heavy atom. The molecule has 2 aliphatic carbocycles. The molecular weight excluding hydrogens is 1140 g/mol. The van der Waals surface area contributed by atoms with E-state index < -0.39 is 0 Å². The van der Waals surface area contributed by atoms with Crippen molar-refractivity contribution in [3.63, 3.8) is 0 Å². The summed E-state index contributed by atoms with van der Waals surface area (Å²) in [4.78, 5) is 0. The summed E-state index contributed by atoms with van der Waals surface area (Å²) < 4.78 is 30.5. The molecule has 0 saturated heterocycles. The summed E-state index contributed by atoms with van der Waals surface area (Å²) in [5, 5.41) is 115. The van der Waals surface area contributed by atoms with Crippen LogP contribution >= 0.6 is 0 Å². The van der Waals surface area contributed by atoms with Gasteiger partial charge in [0.1, 0.15) is 34.5 Å². The summed E-state index contributed by atoms with van der Waals surface area (Å²) in [5.41, 5.74) is 13.1. The fourth-order valence-corrected chi connectivity index (χ4v) is 11.7. The Morgan fingerprint density at radius 2 is 0.697 bits per heavy atom. The van der Waals surface area contributed by atoms with Gasteiger partial charge in [-0.1, -0.05) is 95.2 Å². The molecule has 0 spiro atoms. The lowest BCUT2D eigenvalue weighted by Gasteiger charge is -2.24. The highest BCUT2D eigenvalue weighted by molar-refractivity contribution is 5.58. The molecule has 18 heteroatoms. The summed E-state index contributed by atoms with van der Waals surface area (Å²) in [6.07, 6.45) is 15.0. The predicted octanol–water partition coefficient (Wildman–Crippen LogP) is 10.9. The number of methoxy groups -OCH3 is 6. The Kier molecular flexibility index (Phi) is 36.4. The van der Waals surface area contributed by atoms with Gasteiger partial charge in [0, 0.05) is 130 Å². The third-order valence-corrected chi connectivity index (χ3v) is 16.2. The van der Waals surface area contributed by atoms with Gasteiger partial charge in [0.25, 0.3) is 0 Å². The number of aliphatic hydroxyl groups is 6. The van der Waals surface area contributed by atoms with Crippen LogP contribution in [0.2, 0.25) is 0 Å². The first-order valence-electron chi connectivity index (χ1n) is 31.2. The Bertz CT molecular complexity index is 2680. The van der Waals surface area contributed by atoms with Crippen LogP contribution in [0.4, 0.5) is 0 Å². The molecule has 89 heavy (non-hydrogen) atoms. The SMILES string of the molecule is COCc1c(O)c(CCO)c(CCO)c(O)c1COC.COCc1cc(C(C)(C)C)cc(CCO)c1O.COCc1cc(C)cc(CCO)c1O.COCc1cc(C2CCCCC2)cc(CCO)c1O.COCc1cc(CCO)cc(C2CCCCC2)c1O.[HH].[HH]. The number of hydrogen-bond donors (Lipinski definition) is 12. The monoisotopic (exact) mass is 1250 g/mol. The molecule has 5 aromatic rings. The molecule has 2 saturated carbocycles. The maximum atomic E-state index is 10.4. The van der Waals surface area contributed by atoms with Gasteiger partial charge in [0.05, 0.1) is 39.6 Å². The van der Waals surface area contributed by atoms with E-state index in [0.29, 0.717) is 91.9 Å². The minimum atomic E-state index is -0.165. The number of aliphatic hydroxyl groups excluding tert-OH is 6. The van der Waals surface area contributed by atoms with Crippen LogP contribution < -0.4 is 0 Å². The smallest absolute Gasteiger partial charge is 0.125 e. The van der Waals surface area contributed by atoms with Gasteiger partial charge in [-0.2, -0.15) is 0 Å². The number of ether oxygens (including phenoxy) is 6. The zero-order valence-electron chi connectivity index (χ0n) is 54.9. The molecule has 0 atom stereocenters. The topological polar surface area (TPSA) is 298 Å². The van der Waals surface area contributed by atoms with Crippen LogP contribution in [0, 0.1) is 6.92 Å². The van der Waals surface area contributed by atoms with E-state index in [1.807, 2.05) is 37.3 Å². The highest BCUT2D eigenvalue weighted by Crippen LogP contribution is 2.42. The first-order valence-corrected chi connectivity index (χ1v) is 31.2. The van der Waals surface area contributed by atoms with Gasteiger partial charge in [0.15, 0.2) is 0 Å². The van der Waals surface area contributed by atoms with E-state index in [-0.39, 0.29) is 103 Å². The van der Waals surface area contributed by atoms with E-state index in [1.165, 1.54) is 71.1 Å². The average Bonchev–Trinajstić information content (AvgIpc) is 1.24. The van der Waals surface area contributed by atoms with Crippen molar-refractivity contribution in [2.24, 2.45) is 0 Å². The lowest BCUT2D eigenvalue weighted by Crippen LogP contribution is -2.13. The number of phenols is 6. The standard InChI is InChI=1S/2C16H24O3.C14H22O6.C14H22O3.C11H16O3.2H2/c1-19-11-14-9-12(7-8-17)10-15(16(14)18)13-5-3-2-4-6-13;1-19-11-15-10-14(12-5-3-2-4-6-12)9-13(7-8-17)16(15)18;1-19-7-11-12(8-20-2)14(18)10(4-6-16)9(3-5-15)13(11)17;1-14(2,3)12-7-10(5-6-15)13(16)11(8-12)9-17-4;1-8-5-9(3-4-12)11(13)10(6-8)7-14-2;;/h9-10,13,17-18H,2-8,11H2,1H3;9-10,12,17-18H,2-8,11H2,1H3;15-18H,3-8H2,1-2H3;7-8,15-16H,5-6,9H2,1-4H3;5-6,12-13H,3-4,7H2,1-2H3;2*1H. The second-order valence-corrected chi connectivity index (χ2v) is 23.9. The summed E-state index contributed by atoms with van der Waals surface area (Å²) in [7, 11) is 9.44. The Balaban J connectivity index is 0.000000568. The van der Waals surface area contributed by atoms with Crippen molar-refractivity contribution >= 4 is 0 Å². The van der Waals surface area contributed by atoms with E-state index in [1.54, 1.807) is 28.4 Å². The molecule has 18 nitrogen and oxygen atoms in total. The number of hydrogen-bond acceptors (Lipinski definition) is 18. The maximum Gasteiger partial charge on any atom is 0.125 e. The summed E-state index contributed by atoms with van der Waals surface area (Å²) in [6, 6.07) is 15.9. The van der Waals surface area contributed by atoms with Crippen molar-refractivity contribution in [3.8, 4) is 34.5 Å². The van der Waals surface area contributed by atoms with E-state index >= 15 is 0 Å². The van der Waals surface area contributed by atoms with Crippen LogP contribution in [0.25, 0.3) is 0 Å². The van der Waals surface area contributed by atoms with E-state index in [9.17, 15) is 30.6 Å². The third-order valence-electron chi connectivity index (χ3n) is 16.2. The molecular formula is C71H112O18. The van der Waals surface area contributed by atoms with Gasteiger partial charge in [-0.05, 0) is 146 Å². The average molecular weight is 1250 g/mol.